The number of alkyl halides is 4. The van der Waals surface area contributed by atoms with Crippen molar-refractivity contribution in [2.45, 2.75) is 22.8 Å². The molecule has 0 aliphatic carbocycles. The fraction of sp³-hybridized carbons (Fsp3) is 0.250. The molecule has 6 nitrogen and oxygen atoms in total. The summed E-state index contributed by atoms with van der Waals surface area (Å²) in [6.45, 7) is 0. The van der Waals surface area contributed by atoms with E-state index in [4.69, 9.17) is 19.6 Å². The van der Waals surface area contributed by atoms with Crippen LogP contribution in [0.4, 0.5) is 17.6 Å². The third-order valence-corrected chi connectivity index (χ3v) is 6.93. The Hall–Kier alpha value is 2.81. The molecule has 2 rings (SSSR count). The van der Waals surface area contributed by atoms with Gasteiger partial charge in [0.05, 0.1) is 0 Å². The summed E-state index contributed by atoms with van der Waals surface area (Å²) in [5.74, 6) is 0.699. The van der Waals surface area contributed by atoms with Gasteiger partial charge in [0.15, 0.2) is 0 Å². The summed E-state index contributed by atoms with van der Waals surface area (Å²) >= 11 is 1.32. The van der Waals surface area contributed by atoms with Crippen molar-refractivity contribution in [3.05, 3.63) is 70.8 Å². The van der Waals surface area contributed by atoms with Crippen LogP contribution in [-0.2, 0) is 32.0 Å². The van der Waals surface area contributed by atoms with Crippen molar-refractivity contribution in [3.8, 4) is 0 Å². The van der Waals surface area contributed by atoms with E-state index in [-0.39, 0.29) is 118 Å². The Bertz CT molecular complexity index is 881. The first kappa shape index (κ1) is 40.3. The van der Waals surface area contributed by atoms with Crippen molar-refractivity contribution >= 4 is 145 Å². The normalized spacial score (nSPS) is 11.9. The topological polar surface area (TPSA) is 115 Å². The van der Waals surface area contributed by atoms with Crippen molar-refractivity contribution in [1.29, 1.82) is 0 Å². The van der Waals surface area contributed by atoms with E-state index in [1.165, 1.54) is 36.0 Å². The first-order chi connectivity index (χ1) is 13.2. The summed E-state index contributed by atoms with van der Waals surface area (Å²) < 4.78 is 76.1. The van der Waals surface area contributed by atoms with Crippen LogP contribution in [-0.4, -0.2) is 138 Å². The molecule has 0 amide bonds. The van der Waals surface area contributed by atoms with Crippen LogP contribution in [0.25, 0.3) is 0 Å². The molecule has 168 valence electrons. The molecule has 0 bridgehead atoms. The summed E-state index contributed by atoms with van der Waals surface area (Å²) in [5.41, 5.74) is -8.97. The Kier molecular flexibility index (Phi) is 19.6. The van der Waals surface area contributed by atoms with Crippen LogP contribution < -0.4 is 0 Å². The second kappa shape index (κ2) is 16.0. The molecule has 0 aliphatic heterocycles. The SMILES string of the molecule is O=P(O)(O)C(F)(F)c1ccc(CSCc2ccc(C(F)(F)P(=O)(O)O)cc2)cc1.[NaH].[NaH].[NaH].[NaH]. The Morgan fingerprint density at radius 1 is 0.606 bits per heavy atom. The van der Waals surface area contributed by atoms with E-state index in [1.807, 2.05) is 0 Å². The predicted octanol–water partition coefficient (Wildman–Crippen LogP) is 1.98. The van der Waals surface area contributed by atoms with Gasteiger partial charge in [-0.3, -0.25) is 9.13 Å². The fourth-order valence-corrected chi connectivity index (χ4v) is 4.16. The third kappa shape index (κ3) is 10.8. The van der Waals surface area contributed by atoms with E-state index in [2.05, 4.69) is 0 Å². The second-order valence-electron chi connectivity index (χ2n) is 6.06. The summed E-state index contributed by atoms with van der Waals surface area (Å²) in [4.78, 5) is 34.9. The summed E-state index contributed by atoms with van der Waals surface area (Å²) in [6, 6.07) is 8.90. The van der Waals surface area contributed by atoms with Crippen molar-refractivity contribution in [1.82, 2.24) is 0 Å². The Labute approximate surface area is 280 Å². The Balaban J connectivity index is -0.00000225. The van der Waals surface area contributed by atoms with Gasteiger partial charge in [-0.1, -0.05) is 48.5 Å². The number of hydrogen-bond acceptors (Lipinski definition) is 3. The van der Waals surface area contributed by atoms with Crippen molar-refractivity contribution in [3.63, 3.8) is 0 Å². The quantitative estimate of drug-likeness (QED) is 0.218. The Morgan fingerprint density at radius 3 is 1.06 bits per heavy atom. The molecule has 0 unspecified atom stereocenters. The molecular weight excluding hydrogens is 550 g/mol. The van der Waals surface area contributed by atoms with Crippen molar-refractivity contribution in [2.75, 3.05) is 0 Å². The molecule has 17 heteroatoms. The standard InChI is InChI=1S/C16H16F4O6P2S.4Na.4H/c17-15(18,27(21,22)23)13-5-1-11(2-6-13)9-29-10-12-3-7-14(8-4-12)16(19,20)28(24,25)26;;;;;;;;/h1-8H,9-10H2,(H2,21,22,23)(H2,24,25,26);;;;;;;;. The van der Waals surface area contributed by atoms with Crippen molar-refractivity contribution in [2.24, 2.45) is 0 Å². The fourth-order valence-electron chi connectivity index (χ4n) is 2.23. The van der Waals surface area contributed by atoms with Gasteiger partial charge < -0.3 is 19.6 Å². The molecule has 2 aromatic rings. The van der Waals surface area contributed by atoms with E-state index in [0.717, 1.165) is 24.3 Å². The maximum atomic E-state index is 13.6. The molecule has 0 radical (unpaired) electrons. The van der Waals surface area contributed by atoms with Crippen molar-refractivity contribution < 1.29 is 46.3 Å². The van der Waals surface area contributed by atoms with Gasteiger partial charge in [-0.25, -0.2) is 0 Å². The number of thioether (sulfide) groups is 1. The molecule has 0 heterocycles. The first-order valence-corrected chi connectivity index (χ1v) is 12.2. The van der Waals surface area contributed by atoms with Crippen LogP contribution in [0.15, 0.2) is 48.5 Å². The minimum atomic E-state index is -5.63. The number of hydrogen-bond donors (Lipinski definition) is 4. The monoisotopic (exact) mass is 570 g/mol. The zero-order chi connectivity index (χ0) is 22.1. The average Bonchev–Trinajstić information content (AvgIpc) is 2.61. The van der Waals surface area contributed by atoms with E-state index in [9.17, 15) is 26.7 Å². The summed E-state index contributed by atoms with van der Waals surface area (Å²) in [7, 11) is -11.3. The molecule has 0 atom stereocenters. The molecule has 0 spiro atoms. The molecule has 0 fully saturated rings. The second-order valence-corrected chi connectivity index (χ2v) is 10.3. The molecule has 0 saturated heterocycles. The van der Waals surface area contributed by atoms with E-state index in [0.29, 0.717) is 22.6 Å². The van der Waals surface area contributed by atoms with Crippen LogP contribution >= 0.6 is 27.0 Å². The van der Waals surface area contributed by atoms with Gasteiger partial charge in [-0.05, 0) is 11.1 Å². The minimum absolute atomic E-state index is 0. The number of benzene rings is 2. The molecule has 0 aliphatic rings. The van der Waals surface area contributed by atoms with Gasteiger partial charge in [0.2, 0.25) is 0 Å². The van der Waals surface area contributed by atoms with Crippen LogP contribution in [0.2, 0.25) is 0 Å². The number of halogens is 4. The average molecular weight is 570 g/mol. The zero-order valence-electron chi connectivity index (χ0n) is 14.5. The molecule has 33 heavy (non-hydrogen) atoms. The van der Waals surface area contributed by atoms with Gasteiger partial charge in [0.1, 0.15) is 0 Å². The van der Waals surface area contributed by atoms with Gasteiger partial charge in [-0.2, -0.15) is 29.3 Å². The Morgan fingerprint density at radius 2 is 0.848 bits per heavy atom. The molecule has 0 aromatic heterocycles. The predicted molar refractivity (Wildman–Crippen MR) is 128 cm³/mol. The number of rotatable bonds is 8. The molecule has 0 saturated carbocycles. The molecule has 4 N–H and O–H groups in total. The van der Waals surface area contributed by atoms with Gasteiger partial charge in [0.25, 0.3) is 0 Å². The first-order valence-electron chi connectivity index (χ1n) is 7.80. The van der Waals surface area contributed by atoms with Crippen LogP contribution in [0.5, 0.6) is 0 Å². The molecule has 2 aromatic carbocycles. The van der Waals surface area contributed by atoms with E-state index < -0.39 is 37.6 Å². The van der Waals surface area contributed by atoms with E-state index in [1.54, 1.807) is 0 Å². The van der Waals surface area contributed by atoms with Gasteiger partial charge in [-0.15, -0.1) is 0 Å². The van der Waals surface area contributed by atoms with Gasteiger partial charge in [0, 0.05) is 22.6 Å². The zero-order valence-corrected chi connectivity index (χ0v) is 17.1. The third-order valence-electron chi connectivity index (χ3n) is 3.87. The van der Waals surface area contributed by atoms with Crippen LogP contribution in [0.1, 0.15) is 22.3 Å². The van der Waals surface area contributed by atoms with E-state index >= 15 is 0 Å². The van der Waals surface area contributed by atoms with Crippen LogP contribution in [0, 0.1) is 0 Å². The maximum absolute atomic E-state index is 13.6. The van der Waals surface area contributed by atoms with Crippen LogP contribution in [0.3, 0.4) is 0 Å². The van der Waals surface area contributed by atoms with Gasteiger partial charge >= 0.3 is 145 Å². The molecular formula is C16H20F4Na4O6P2S. The summed E-state index contributed by atoms with van der Waals surface area (Å²) in [5, 5.41) is 0. The summed E-state index contributed by atoms with van der Waals surface area (Å²) in [6.07, 6.45) is 0.